The first kappa shape index (κ1) is 24.5. The molecule has 162 valence electrons. The summed E-state index contributed by atoms with van der Waals surface area (Å²) in [5.41, 5.74) is 2.74. The highest BCUT2D eigenvalue weighted by Gasteiger charge is 2.13. The number of benzene rings is 1. The average Bonchev–Trinajstić information content (AvgIpc) is 3.16. The van der Waals surface area contributed by atoms with Crippen molar-refractivity contribution in [2.75, 3.05) is 19.6 Å². The Labute approximate surface area is 194 Å². The molecule has 5 nitrogen and oxygen atoms in total. The lowest BCUT2D eigenvalue weighted by Gasteiger charge is -2.22. The number of amides is 1. The molecule has 8 heteroatoms. The molecule has 0 bridgehead atoms. The van der Waals surface area contributed by atoms with E-state index in [1.165, 1.54) is 12.8 Å². The van der Waals surface area contributed by atoms with Crippen LogP contribution in [0.15, 0.2) is 59.8 Å². The fourth-order valence-corrected chi connectivity index (χ4v) is 4.36. The number of imidazole rings is 1. The molecule has 1 saturated heterocycles. The van der Waals surface area contributed by atoms with Gasteiger partial charge in [-0.25, -0.2) is 4.98 Å². The van der Waals surface area contributed by atoms with Crippen LogP contribution in [0, 0.1) is 5.92 Å². The van der Waals surface area contributed by atoms with Crippen molar-refractivity contribution in [2.24, 2.45) is 5.92 Å². The number of hydrogen-bond acceptors (Lipinski definition) is 4. The molecular formula is C22H28Cl2N4OS. The van der Waals surface area contributed by atoms with Crippen molar-refractivity contribution < 1.29 is 4.79 Å². The molecule has 2 aromatic heterocycles. The molecule has 3 heterocycles. The Morgan fingerprint density at radius 2 is 2.03 bits per heavy atom. The van der Waals surface area contributed by atoms with Gasteiger partial charge in [0.2, 0.25) is 0 Å². The number of aromatic nitrogens is 2. The number of halogens is 2. The summed E-state index contributed by atoms with van der Waals surface area (Å²) in [7, 11) is 0. The van der Waals surface area contributed by atoms with Crippen LogP contribution in [0.1, 0.15) is 35.3 Å². The van der Waals surface area contributed by atoms with E-state index in [1.807, 2.05) is 53.1 Å². The Morgan fingerprint density at radius 1 is 1.20 bits per heavy atom. The smallest absolute Gasteiger partial charge is 0.251 e. The van der Waals surface area contributed by atoms with E-state index in [4.69, 9.17) is 0 Å². The Kier molecular flexibility index (Phi) is 9.98. The van der Waals surface area contributed by atoms with Gasteiger partial charge in [0, 0.05) is 35.2 Å². The maximum atomic E-state index is 12.3. The first-order valence-electron chi connectivity index (χ1n) is 9.92. The number of rotatable bonds is 7. The highest BCUT2D eigenvalue weighted by Crippen LogP contribution is 2.23. The summed E-state index contributed by atoms with van der Waals surface area (Å²) in [5.74, 6) is 1.51. The number of fused-ring (bicyclic) bond motifs is 1. The molecule has 1 atom stereocenters. The normalized spacial score (nSPS) is 15.8. The largest absolute Gasteiger partial charge is 0.352 e. The second-order valence-corrected chi connectivity index (χ2v) is 8.32. The first-order valence-corrected chi connectivity index (χ1v) is 10.9. The second-order valence-electron chi connectivity index (χ2n) is 7.27. The van der Waals surface area contributed by atoms with Crippen LogP contribution >= 0.6 is 36.6 Å². The molecule has 30 heavy (non-hydrogen) atoms. The summed E-state index contributed by atoms with van der Waals surface area (Å²) in [6, 6.07) is 13.8. The van der Waals surface area contributed by atoms with Crippen molar-refractivity contribution in [1.29, 1.82) is 0 Å². The number of carbonyl (C=O) groups is 1. The van der Waals surface area contributed by atoms with Gasteiger partial charge in [-0.2, -0.15) is 0 Å². The molecule has 0 aliphatic carbocycles. The minimum absolute atomic E-state index is 0. The van der Waals surface area contributed by atoms with Gasteiger partial charge in [-0.1, -0.05) is 6.07 Å². The Hall–Kier alpha value is -1.73. The number of carbonyl (C=O) groups excluding carboxylic acids is 1. The summed E-state index contributed by atoms with van der Waals surface area (Å²) in [6.07, 6.45) is 7.63. The van der Waals surface area contributed by atoms with Crippen LogP contribution in [-0.2, 0) is 5.75 Å². The fourth-order valence-electron chi connectivity index (χ4n) is 3.58. The number of nitrogens with one attached hydrogen (secondary N) is 2. The average molecular weight is 467 g/mol. The second kappa shape index (κ2) is 12.2. The molecule has 1 aliphatic heterocycles. The fraction of sp³-hybridized carbons (Fsp3) is 0.364. The van der Waals surface area contributed by atoms with Crippen molar-refractivity contribution in [2.45, 2.75) is 29.9 Å². The van der Waals surface area contributed by atoms with Crippen molar-refractivity contribution in [3.05, 3.63) is 66.1 Å². The van der Waals surface area contributed by atoms with Gasteiger partial charge in [-0.3, -0.25) is 4.79 Å². The Balaban J connectivity index is 0.00000160. The maximum absolute atomic E-state index is 12.3. The van der Waals surface area contributed by atoms with E-state index in [0.29, 0.717) is 5.92 Å². The molecule has 0 radical (unpaired) electrons. The van der Waals surface area contributed by atoms with Gasteiger partial charge in [0.05, 0.1) is 5.69 Å². The number of thioether (sulfide) groups is 1. The molecule has 0 spiro atoms. The highest BCUT2D eigenvalue weighted by atomic mass is 35.5. The minimum atomic E-state index is 0. The minimum Gasteiger partial charge on any atom is -0.352 e. The van der Waals surface area contributed by atoms with E-state index in [2.05, 4.69) is 21.8 Å². The van der Waals surface area contributed by atoms with Crippen molar-refractivity contribution in [3.8, 4) is 0 Å². The van der Waals surface area contributed by atoms with Crippen LogP contribution in [0.4, 0.5) is 0 Å². The van der Waals surface area contributed by atoms with E-state index in [9.17, 15) is 4.79 Å². The molecule has 3 aromatic rings. The van der Waals surface area contributed by atoms with Gasteiger partial charge in [0.25, 0.3) is 5.91 Å². The molecule has 1 amide bonds. The summed E-state index contributed by atoms with van der Waals surface area (Å²) in [6.45, 7) is 2.95. The van der Waals surface area contributed by atoms with E-state index in [0.717, 1.165) is 53.6 Å². The Bertz CT molecular complexity index is 893. The van der Waals surface area contributed by atoms with Crippen molar-refractivity contribution in [3.63, 3.8) is 0 Å². The van der Waals surface area contributed by atoms with Gasteiger partial charge in [-0.15, -0.1) is 36.6 Å². The predicted octanol–water partition coefficient (Wildman–Crippen LogP) is 4.59. The van der Waals surface area contributed by atoms with Crippen molar-refractivity contribution in [1.82, 2.24) is 20.0 Å². The van der Waals surface area contributed by atoms with E-state index < -0.39 is 0 Å². The zero-order chi connectivity index (χ0) is 19.2. The molecule has 2 N–H and O–H groups in total. The summed E-state index contributed by atoms with van der Waals surface area (Å²) < 4.78 is 2.03. The monoisotopic (exact) mass is 466 g/mol. The van der Waals surface area contributed by atoms with Crippen LogP contribution in [0.2, 0.25) is 0 Å². The summed E-state index contributed by atoms with van der Waals surface area (Å²) in [4.78, 5) is 18.1. The third-order valence-corrected chi connectivity index (χ3v) is 6.20. The standard InChI is InChI=1S/C22H26N4OS.2ClH/c27-22(24-12-10-17-4-3-11-23-14-17)18-6-8-20(9-7-18)28-16-19-15-26-13-2-1-5-21(26)25-19;;/h1-2,5-9,13,15,17,23H,3-4,10-12,14,16H2,(H,24,27);2*1H. The zero-order valence-corrected chi connectivity index (χ0v) is 19.2. The lowest BCUT2D eigenvalue weighted by molar-refractivity contribution is 0.0950. The molecule has 1 aliphatic rings. The van der Waals surface area contributed by atoms with E-state index in [-0.39, 0.29) is 30.7 Å². The third-order valence-electron chi connectivity index (χ3n) is 5.15. The molecular weight excluding hydrogens is 439 g/mol. The van der Waals surface area contributed by atoms with E-state index in [1.54, 1.807) is 11.8 Å². The van der Waals surface area contributed by atoms with Crippen LogP contribution in [0.5, 0.6) is 0 Å². The molecule has 0 saturated carbocycles. The number of nitrogens with zero attached hydrogens (tertiary/aromatic N) is 2. The maximum Gasteiger partial charge on any atom is 0.251 e. The third kappa shape index (κ3) is 6.64. The van der Waals surface area contributed by atoms with Crippen LogP contribution in [0.3, 0.4) is 0 Å². The van der Waals surface area contributed by atoms with Crippen molar-refractivity contribution >= 4 is 48.1 Å². The first-order chi connectivity index (χ1) is 13.8. The number of hydrogen-bond donors (Lipinski definition) is 2. The zero-order valence-electron chi connectivity index (χ0n) is 16.8. The van der Waals surface area contributed by atoms with Gasteiger partial charge in [0.15, 0.2) is 0 Å². The van der Waals surface area contributed by atoms with Gasteiger partial charge in [-0.05, 0) is 74.7 Å². The van der Waals surface area contributed by atoms with Crippen LogP contribution in [-0.4, -0.2) is 34.9 Å². The van der Waals surface area contributed by atoms with Crippen LogP contribution in [0.25, 0.3) is 5.65 Å². The number of pyridine rings is 1. The predicted molar refractivity (Wildman–Crippen MR) is 128 cm³/mol. The Morgan fingerprint density at radius 3 is 2.77 bits per heavy atom. The summed E-state index contributed by atoms with van der Waals surface area (Å²) >= 11 is 1.73. The SMILES string of the molecule is Cl.Cl.O=C(NCCC1CCCNC1)c1ccc(SCc2cn3ccccc3n2)cc1. The molecule has 1 unspecified atom stereocenters. The molecule has 1 fully saturated rings. The van der Waals surface area contributed by atoms with Gasteiger partial charge < -0.3 is 15.0 Å². The van der Waals surface area contributed by atoms with Gasteiger partial charge in [0.1, 0.15) is 5.65 Å². The lowest BCUT2D eigenvalue weighted by atomic mass is 9.96. The van der Waals surface area contributed by atoms with Gasteiger partial charge >= 0.3 is 0 Å². The summed E-state index contributed by atoms with van der Waals surface area (Å²) in [5, 5.41) is 6.47. The quantitative estimate of drug-likeness (QED) is 0.499. The molecule has 4 rings (SSSR count). The van der Waals surface area contributed by atoms with E-state index >= 15 is 0 Å². The lowest BCUT2D eigenvalue weighted by Crippen LogP contribution is -2.33. The highest BCUT2D eigenvalue weighted by molar-refractivity contribution is 7.98. The topological polar surface area (TPSA) is 58.4 Å². The van der Waals surface area contributed by atoms with Crippen LogP contribution < -0.4 is 10.6 Å². The number of piperidine rings is 1. The molecule has 1 aromatic carbocycles.